The van der Waals surface area contributed by atoms with Gasteiger partial charge in [0.15, 0.2) is 6.61 Å². The van der Waals surface area contributed by atoms with E-state index in [-0.39, 0.29) is 37.6 Å². The molecule has 276 valence electrons. The van der Waals surface area contributed by atoms with E-state index < -0.39 is 42.5 Å². The van der Waals surface area contributed by atoms with Crippen LogP contribution in [0.15, 0.2) is 103 Å². The van der Waals surface area contributed by atoms with Gasteiger partial charge >= 0.3 is 12.3 Å². The zero-order chi connectivity index (χ0) is 37.9. The topological polar surface area (TPSA) is 123 Å². The average Bonchev–Trinajstić information content (AvgIpc) is 3.09. The highest BCUT2D eigenvalue weighted by Gasteiger charge is 2.33. The molecule has 4 aromatic carbocycles. The first-order valence-electron chi connectivity index (χ1n) is 16.9. The number of ether oxygens (including phenoxy) is 2. The lowest BCUT2D eigenvalue weighted by atomic mass is 9.99. The summed E-state index contributed by atoms with van der Waals surface area (Å²) in [5.74, 6) is -0.763. The molecule has 1 unspecified atom stereocenters. The summed E-state index contributed by atoms with van der Waals surface area (Å²) in [5.41, 5.74) is 10.2. The van der Waals surface area contributed by atoms with E-state index in [0.717, 1.165) is 22.3 Å². The van der Waals surface area contributed by atoms with Crippen molar-refractivity contribution in [3.63, 3.8) is 0 Å². The second-order valence-electron chi connectivity index (χ2n) is 13.4. The van der Waals surface area contributed by atoms with E-state index in [2.05, 4.69) is 10.6 Å². The maximum absolute atomic E-state index is 14.3. The first kappa shape index (κ1) is 39.4. The van der Waals surface area contributed by atoms with Crippen molar-refractivity contribution in [3.8, 4) is 5.75 Å². The van der Waals surface area contributed by atoms with Gasteiger partial charge in [0.05, 0.1) is 0 Å². The van der Waals surface area contributed by atoms with E-state index in [4.69, 9.17) is 15.2 Å². The molecule has 4 N–H and O–H groups in total. The third-order valence-corrected chi connectivity index (χ3v) is 7.96. The Kier molecular flexibility index (Phi) is 13.4. The van der Waals surface area contributed by atoms with Crippen molar-refractivity contribution in [2.45, 2.75) is 77.5 Å². The molecule has 52 heavy (non-hydrogen) atoms. The van der Waals surface area contributed by atoms with Crippen LogP contribution in [-0.2, 0) is 33.8 Å². The number of anilines is 1. The Bertz CT molecular complexity index is 1780. The third-order valence-electron chi connectivity index (χ3n) is 7.96. The van der Waals surface area contributed by atoms with Crippen LogP contribution in [0, 0.1) is 6.92 Å². The quantitative estimate of drug-likeness (QED) is 0.126. The lowest BCUT2D eigenvalue weighted by Crippen LogP contribution is -2.51. The van der Waals surface area contributed by atoms with Gasteiger partial charge in [-0.1, -0.05) is 84.9 Å². The second-order valence-corrected chi connectivity index (χ2v) is 13.4. The molecule has 0 aromatic heterocycles. The molecule has 0 spiro atoms. The zero-order valence-corrected chi connectivity index (χ0v) is 29.7. The molecular weight excluding hydrogens is 673 g/mol. The van der Waals surface area contributed by atoms with E-state index >= 15 is 0 Å². The van der Waals surface area contributed by atoms with E-state index in [0.29, 0.717) is 11.3 Å². The van der Waals surface area contributed by atoms with Gasteiger partial charge in [-0.3, -0.25) is 14.5 Å². The zero-order valence-electron chi connectivity index (χ0n) is 29.7. The highest BCUT2D eigenvalue weighted by atomic mass is 19.4. The van der Waals surface area contributed by atoms with Gasteiger partial charge in [-0.15, -0.1) is 0 Å². The van der Waals surface area contributed by atoms with E-state index in [9.17, 15) is 27.6 Å². The number of alkyl halides is 3. The molecule has 0 heterocycles. The fraction of sp³-hybridized carbons (Fsp3) is 0.325. The molecule has 4 aromatic rings. The summed E-state index contributed by atoms with van der Waals surface area (Å²) < 4.78 is 47.9. The van der Waals surface area contributed by atoms with Gasteiger partial charge in [0.25, 0.3) is 0 Å². The Morgan fingerprint density at radius 2 is 1.35 bits per heavy atom. The summed E-state index contributed by atoms with van der Waals surface area (Å²) in [6.07, 6.45) is -4.97. The number of benzene rings is 4. The number of nitrogens with one attached hydrogen (secondary N) is 2. The molecule has 2 atom stereocenters. The number of nitrogens with zero attached hydrogens (tertiary/aromatic N) is 1. The van der Waals surface area contributed by atoms with Gasteiger partial charge in [0, 0.05) is 37.7 Å². The second kappa shape index (κ2) is 17.7. The van der Waals surface area contributed by atoms with Crippen LogP contribution >= 0.6 is 0 Å². The Morgan fingerprint density at radius 3 is 1.92 bits per heavy atom. The van der Waals surface area contributed by atoms with Gasteiger partial charge in [-0.05, 0) is 73.7 Å². The number of halogens is 3. The molecule has 4 rings (SSSR count). The first-order valence-corrected chi connectivity index (χ1v) is 16.9. The fourth-order valence-corrected chi connectivity index (χ4v) is 5.40. The van der Waals surface area contributed by atoms with Crippen LogP contribution in [0.5, 0.6) is 5.75 Å². The maximum Gasteiger partial charge on any atom is 0.422 e. The summed E-state index contributed by atoms with van der Waals surface area (Å²) in [4.78, 5) is 41.9. The third kappa shape index (κ3) is 12.4. The normalized spacial score (nSPS) is 12.7. The predicted molar refractivity (Wildman–Crippen MR) is 193 cm³/mol. The fourth-order valence-electron chi connectivity index (χ4n) is 5.40. The predicted octanol–water partition coefficient (Wildman–Crippen LogP) is 7.31. The maximum atomic E-state index is 14.3. The monoisotopic (exact) mass is 718 g/mol. The Morgan fingerprint density at radius 1 is 0.769 bits per heavy atom. The number of nitrogens with two attached hydrogens (primary N) is 1. The molecule has 0 fully saturated rings. The van der Waals surface area contributed by atoms with Crippen LogP contribution in [0.4, 0.5) is 23.7 Å². The number of aryl methyl sites for hydroxylation is 1. The molecule has 3 amide bonds. The number of alkyl carbamates (subject to hydrolysis) is 1. The Balaban J connectivity index is 1.53. The Hall–Kier alpha value is -5.36. The minimum absolute atomic E-state index is 0.0211. The Labute approximate surface area is 302 Å². The molecule has 0 saturated carbocycles. The van der Waals surface area contributed by atoms with Crippen molar-refractivity contribution in [1.82, 2.24) is 10.6 Å². The van der Waals surface area contributed by atoms with E-state index in [1.165, 1.54) is 29.2 Å². The summed E-state index contributed by atoms with van der Waals surface area (Å²) in [7, 11) is 0. The van der Waals surface area contributed by atoms with Crippen molar-refractivity contribution in [2.75, 3.05) is 11.5 Å². The van der Waals surface area contributed by atoms with Crippen LogP contribution in [0.2, 0.25) is 0 Å². The molecule has 0 aliphatic rings. The van der Waals surface area contributed by atoms with Crippen molar-refractivity contribution >= 4 is 23.6 Å². The van der Waals surface area contributed by atoms with Crippen molar-refractivity contribution in [2.24, 2.45) is 5.73 Å². The number of hydrogen-bond donors (Lipinski definition) is 3. The van der Waals surface area contributed by atoms with Crippen molar-refractivity contribution < 1.29 is 37.0 Å². The van der Waals surface area contributed by atoms with Gasteiger partial charge in [0.1, 0.15) is 17.4 Å². The number of hydrogen-bond acceptors (Lipinski definition) is 6. The first-order chi connectivity index (χ1) is 24.6. The molecule has 9 nitrogen and oxygen atoms in total. The van der Waals surface area contributed by atoms with Crippen molar-refractivity contribution in [1.29, 1.82) is 0 Å². The van der Waals surface area contributed by atoms with Gasteiger partial charge in [-0.2, -0.15) is 13.2 Å². The smallest absolute Gasteiger partial charge is 0.422 e. The van der Waals surface area contributed by atoms with Gasteiger partial charge in [0.2, 0.25) is 11.8 Å². The highest BCUT2D eigenvalue weighted by molar-refractivity contribution is 6.01. The van der Waals surface area contributed by atoms with Crippen LogP contribution < -0.4 is 26.0 Å². The molecule has 0 saturated heterocycles. The molecule has 12 heteroatoms. The molecular formula is C40H45F3N4O5. The summed E-state index contributed by atoms with van der Waals surface area (Å²) in [5, 5.41) is 5.73. The minimum atomic E-state index is -4.48. The SMILES string of the molecule is Cc1ccccc1N(C(=O)CC(N)c1ccc(OCC(F)(F)F)cc1)[C@@H](Cc1ccccc1)C(=O)NCc1ccc(CNC(=O)OC(C)(C)C)cc1. The molecule has 0 aliphatic carbocycles. The average molecular weight is 719 g/mol. The van der Waals surface area contributed by atoms with Gasteiger partial charge < -0.3 is 25.8 Å². The van der Waals surface area contributed by atoms with E-state index in [1.54, 1.807) is 32.9 Å². The van der Waals surface area contributed by atoms with Crippen LogP contribution in [0.1, 0.15) is 61.1 Å². The minimum Gasteiger partial charge on any atom is -0.484 e. The number of carbonyl (C=O) groups excluding carboxylic acids is 3. The van der Waals surface area contributed by atoms with E-state index in [1.807, 2.05) is 73.7 Å². The number of carbonyl (C=O) groups is 3. The lowest BCUT2D eigenvalue weighted by Gasteiger charge is -2.33. The summed E-state index contributed by atoms with van der Waals surface area (Å²) in [6, 6.07) is 28.0. The molecule has 0 radical (unpaired) electrons. The summed E-state index contributed by atoms with van der Waals surface area (Å²) in [6.45, 7) is 6.25. The van der Waals surface area contributed by atoms with Crippen LogP contribution in [-0.4, -0.2) is 42.3 Å². The summed E-state index contributed by atoms with van der Waals surface area (Å²) >= 11 is 0. The van der Waals surface area contributed by atoms with Crippen LogP contribution in [0.25, 0.3) is 0 Å². The number of amides is 3. The lowest BCUT2D eigenvalue weighted by molar-refractivity contribution is -0.153. The largest absolute Gasteiger partial charge is 0.484 e. The number of para-hydroxylation sites is 1. The van der Waals surface area contributed by atoms with Crippen LogP contribution in [0.3, 0.4) is 0 Å². The highest BCUT2D eigenvalue weighted by Crippen LogP contribution is 2.28. The molecule has 0 bridgehead atoms. The van der Waals surface area contributed by atoms with Crippen molar-refractivity contribution in [3.05, 3.63) is 131 Å². The number of rotatable bonds is 14. The van der Waals surface area contributed by atoms with Gasteiger partial charge in [-0.25, -0.2) is 4.79 Å². The standard InChI is InChI=1S/C40H45F3N4O5/c1-27-10-8-9-13-34(27)47(36(48)23-33(44)31-18-20-32(21-19-31)51-26-40(41,42)43)35(22-28-11-6-5-7-12-28)37(49)45-24-29-14-16-30(17-15-29)25-46-38(50)52-39(2,3)4/h5-21,33,35H,22-26,44H2,1-4H3,(H,45,49)(H,46,50)/t33?,35-/m0/s1. The molecule has 0 aliphatic heterocycles.